The average molecular weight is 546 g/mol. The van der Waals surface area contributed by atoms with E-state index < -0.39 is 12.1 Å². The van der Waals surface area contributed by atoms with Gasteiger partial charge >= 0.3 is 0 Å². The van der Waals surface area contributed by atoms with E-state index in [4.69, 9.17) is 0 Å². The molecule has 39 heavy (non-hydrogen) atoms. The summed E-state index contributed by atoms with van der Waals surface area (Å²) in [5.74, 6) is -0.0918. The number of amides is 1. The highest BCUT2D eigenvalue weighted by atomic mass is 16.3. The molecule has 2 atom stereocenters. The SMILES string of the molecule is CCCC/C=C/CC/C=C/CC/C=C/C(O)C(CO)NC(=O)CCCCCCC/C=C\CCCCCCCC. The van der Waals surface area contributed by atoms with Crippen LogP contribution in [0.3, 0.4) is 0 Å². The van der Waals surface area contributed by atoms with Crippen LogP contribution >= 0.6 is 0 Å². The molecule has 0 spiro atoms. The summed E-state index contributed by atoms with van der Waals surface area (Å²) in [5, 5.41) is 22.7. The first-order chi connectivity index (χ1) is 19.2. The highest BCUT2D eigenvalue weighted by Crippen LogP contribution is 2.10. The molecule has 0 rings (SSSR count). The number of carbonyl (C=O) groups is 1. The van der Waals surface area contributed by atoms with Gasteiger partial charge in [0, 0.05) is 6.42 Å². The molecule has 3 N–H and O–H groups in total. The van der Waals surface area contributed by atoms with E-state index in [1.165, 1.54) is 77.0 Å². The zero-order valence-electron chi connectivity index (χ0n) is 25.6. The van der Waals surface area contributed by atoms with E-state index in [1.807, 2.05) is 6.08 Å². The van der Waals surface area contributed by atoms with Crippen molar-refractivity contribution >= 4 is 5.91 Å². The maximum absolute atomic E-state index is 12.2. The second-order valence-corrected chi connectivity index (χ2v) is 10.8. The molecule has 0 saturated carbocycles. The van der Waals surface area contributed by atoms with Crippen LogP contribution in [-0.4, -0.2) is 34.9 Å². The Morgan fingerprint density at radius 3 is 1.56 bits per heavy atom. The van der Waals surface area contributed by atoms with E-state index >= 15 is 0 Å². The van der Waals surface area contributed by atoms with Gasteiger partial charge in [0.25, 0.3) is 0 Å². The highest BCUT2D eigenvalue weighted by molar-refractivity contribution is 5.76. The molecule has 0 bridgehead atoms. The fourth-order valence-electron chi connectivity index (χ4n) is 4.42. The second-order valence-electron chi connectivity index (χ2n) is 10.8. The number of carbonyl (C=O) groups excluding carboxylic acids is 1. The first-order valence-electron chi connectivity index (χ1n) is 16.4. The third-order valence-electron chi connectivity index (χ3n) is 7.01. The fourth-order valence-corrected chi connectivity index (χ4v) is 4.42. The quantitative estimate of drug-likeness (QED) is 0.0677. The average Bonchev–Trinajstić information content (AvgIpc) is 2.94. The Hall–Kier alpha value is -1.65. The van der Waals surface area contributed by atoms with Gasteiger partial charge in [-0.3, -0.25) is 4.79 Å². The van der Waals surface area contributed by atoms with Gasteiger partial charge in [0.15, 0.2) is 0 Å². The van der Waals surface area contributed by atoms with Crippen LogP contribution in [0, 0.1) is 0 Å². The lowest BCUT2D eigenvalue weighted by atomic mass is 10.1. The molecule has 4 heteroatoms. The minimum Gasteiger partial charge on any atom is -0.394 e. The summed E-state index contributed by atoms with van der Waals surface area (Å²) in [6.07, 6.45) is 40.4. The molecule has 0 aliphatic carbocycles. The smallest absolute Gasteiger partial charge is 0.220 e. The molecule has 0 saturated heterocycles. The standard InChI is InChI=1S/C35H63NO3/c1-3-5-7-9-11-13-15-17-18-19-21-23-25-27-29-31-35(39)36-33(32-37)34(38)30-28-26-24-22-20-16-14-12-10-8-6-4-2/h10,12,17-18,20,22,28,30,33-34,37-38H,3-9,11,13-16,19,21,23-27,29,31-32H2,1-2H3,(H,36,39)/b12-10+,18-17-,22-20+,30-28+. The monoisotopic (exact) mass is 545 g/mol. The van der Waals surface area contributed by atoms with Gasteiger partial charge in [0.05, 0.1) is 18.8 Å². The Bertz CT molecular complexity index is 638. The number of aliphatic hydroxyl groups excluding tert-OH is 2. The van der Waals surface area contributed by atoms with E-state index in [9.17, 15) is 15.0 Å². The minimum absolute atomic E-state index is 0.0918. The molecule has 0 aliphatic heterocycles. The Labute approximate surface area is 242 Å². The number of hydrogen-bond acceptors (Lipinski definition) is 3. The van der Waals surface area contributed by atoms with Crippen LogP contribution in [0.15, 0.2) is 48.6 Å². The van der Waals surface area contributed by atoms with Crippen LogP contribution in [0.1, 0.15) is 149 Å². The molecule has 2 unspecified atom stereocenters. The van der Waals surface area contributed by atoms with Crippen LogP contribution in [0.2, 0.25) is 0 Å². The van der Waals surface area contributed by atoms with Crippen molar-refractivity contribution in [3.8, 4) is 0 Å². The summed E-state index contributed by atoms with van der Waals surface area (Å²) >= 11 is 0. The van der Waals surface area contributed by atoms with Crippen LogP contribution in [0.25, 0.3) is 0 Å². The minimum atomic E-state index is -0.870. The molecule has 0 heterocycles. The normalized spacial score (nSPS) is 13.8. The number of allylic oxidation sites excluding steroid dienone is 7. The van der Waals surface area contributed by atoms with E-state index in [0.717, 1.165) is 51.4 Å². The molecule has 0 radical (unpaired) electrons. The molecule has 0 aromatic carbocycles. The summed E-state index contributed by atoms with van der Waals surface area (Å²) in [5.41, 5.74) is 0. The number of aliphatic hydroxyl groups is 2. The lowest BCUT2D eigenvalue weighted by Gasteiger charge is -2.19. The van der Waals surface area contributed by atoms with Crippen LogP contribution < -0.4 is 5.32 Å². The number of unbranched alkanes of at least 4 members (excludes halogenated alkanes) is 15. The molecular weight excluding hydrogens is 482 g/mol. The first kappa shape index (κ1) is 37.4. The molecular formula is C35H63NO3. The summed E-state index contributed by atoms with van der Waals surface area (Å²) in [4.78, 5) is 12.2. The number of nitrogens with one attached hydrogen (secondary N) is 1. The van der Waals surface area contributed by atoms with Gasteiger partial charge in [0.2, 0.25) is 5.91 Å². The lowest BCUT2D eigenvalue weighted by molar-refractivity contribution is -0.123. The van der Waals surface area contributed by atoms with Gasteiger partial charge < -0.3 is 15.5 Å². The second kappa shape index (κ2) is 30.9. The van der Waals surface area contributed by atoms with Crippen molar-refractivity contribution in [2.45, 2.75) is 161 Å². The van der Waals surface area contributed by atoms with Crippen molar-refractivity contribution < 1.29 is 15.0 Å². The predicted octanol–water partition coefficient (Wildman–Crippen LogP) is 9.28. The Morgan fingerprint density at radius 1 is 0.590 bits per heavy atom. The highest BCUT2D eigenvalue weighted by Gasteiger charge is 2.17. The molecule has 0 aromatic rings. The molecule has 0 aromatic heterocycles. The lowest BCUT2D eigenvalue weighted by Crippen LogP contribution is -2.45. The van der Waals surface area contributed by atoms with Gasteiger partial charge in [0.1, 0.15) is 0 Å². The van der Waals surface area contributed by atoms with E-state index in [0.29, 0.717) is 6.42 Å². The molecule has 4 nitrogen and oxygen atoms in total. The van der Waals surface area contributed by atoms with Gasteiger partial charge in [-0.05, 0) is 64.2 Å². The van der Waals surface area contributed by atoms with Crippen LogP contribution in [0.5, 0.6) is 0 Å². The zero-order chi connectivity index (χ0) is 28.7. The zero-order valence-corrected chi connectivity index (χ0v) is 25.6. The molecule has 0 aliphatic rings. The number of rotatable bonds is 28. The van der Waals surface area contributed by atoms with E-state index in [2.05, 4.69) is 55.6 Å². The third kappa shape index (κ3) is 27.7. The first-order valence-corrected chi connectivity index (χ1v) is 16.4. The predicted molar refractivity (Wildman–Crippen MR) is 170 cm³/mol. The fraction of sp³-hybridized carbons (Fsp3) is 0.743. The van der Waals surface area contributed by atoms with Gasteiger partial charge in [-0.15, -0.1) is 0 Å². The summed E-state index contributed by atoms with van der Waals surface area (Å²) in [6.45, 7) is 4.21. The van der Waals surface area contributed by atoms with Gasteiger partial charge in [-0.25, -0.2) is 0 Å². The molecule has 226 valence electrons. The Kier molecular flexibility index (Phi) is 29.6. The van der Waals surface area contributed by atoms with Crippen molar-refractivity contribution in [1.82, 2.24) is 5.32 Å². The van der Waals surface area contributed by atoms with Gasteiger partial charge in [-0.1, -0.05) is 127 Å². The van der Waals surface area contributed by atoms with Crippen molar-refractivity contribution in [2.75, 3.05) is 6.61 Å². The summed E-state index contributed by atoms with van der Waals surface area (Å²) in [6, 6.07) is -0.646. The molecule has 0 fully saturated rings. The van der Waals surface area contributed by atoms with Crippen molar-refractivity contribution in [2.24, 2.45) is 0 Å². The van der Waals surface area contributed by atoms with Crippen molar-refractivity contribution in [3.05, 3.63) is 48.6 Å². The Balaban J connectivity index is 3.75. The molecule has 1 amide bonds. The maximum Gasteiger partial charge on any atom is 0.220 e. The van der Waals surface area contributed by atoms with E-state index in [-0.39, 0.29) is 12.5 Å². The summed E-state index contributed by atoms with van der Waals surface area (Å²) in [7, 11) is 0. The van der Waals surface area contributed by atoms with E-state index in [1.54, 1.807) is 6.08 Å². The largest absolute Gasteiger partial charge is 0.394 e. The number of hydrogen-bond donors (Lipinski definition) is 3. The van der Waals surface area contributed by atoms with Crippen molar-refractivity contribution in [1.29, 1.82) is 0 Å². The van der Waals surface area contributed by atoms with Gasteiger partial charge in [-0.2, -0.15) is 0 Å². The maximum atomic E-state index is 12.2. The summed E-state index contributed by atoms with van der Waals surface area (Å²) < 4.78 is 0. The third-order valence-corrected chi connectivity index (χ3v) is 7.01. The topological polar surface area (TPSA) is 69.6 Å². The van der Waals surface area contributed by atoms with Crippen LogP contribution in [0.4, 0.5) is 0 Å². The Morgan fingerprint density at radius 2 is 1.03 bits per heavy atom. The van der Waals surface area contributed by atoms with Crippen molar-refractivity contribution in [3.63, 3.8) is 0 Å². The van der Waals surface area contributed by atoms with Crippen LogP contribution in [-0.2, 0) is 4.79 Å².